The monoisotopic (exact) mass is 310 g/mol. The van der Waals surface area contributed by atoms with Crippen LogP contribution in [0.3, 0.4) is 0 Å². The minimum atomic E-state index is 0.0896. The lowest BCUT2D eigenvalue weighted by molar-refractivity contribution is 0.589. The van der Waals surface area contributed by atoms with E-state index < -0.39 is 0 Å². The minimum Gasteiger partial charge on any atom is -0.240 e. The molecule has 2 nitrogen and oxygen atoms in total. The molecule has 2 aromatic rings. The van der Waals surface area contributed by atoms with Crippen molar-refractivity contribution in [1.82, 2.24) is 9.61 Å². The number of nitrogens with zero attached hydrogens (tertiary/aromatic N) is 2. The van der Waals surface area contributed by atoms with Crippen molar-refractivity contribution < 1.29 is 0 Å². The molecule has 23 heavy (non-hydrogen) atoms. The second kappa shape index (κ2) is 6.35. The molecule has 124 valence electrons. The maximum Gasteiger partial charge on any atom is 0.0930 e. The Kier molecular flexibility index (Phi) is 4.84. The topological polar surface area (TPSA) is 17.3 Å². The lowest BCUT2D eigenvalue weighted by atomic mass is 9.87. The molecule has 1 aliphatic rings. The summed E-state index contributed by atoms with van der Waals surface area (Å²) in [5.41, 5.74) is 5.05. The summed E-state index contributed by atoms with van der Waals surface area (Å²) in [5.74, 6) is 0. The van der Waals surface area contributed by atoms with E-state index in [2.05, 4.69) is 96.2 Å². The lowest BCUT2D eigenvalue weighted by Gasteiger charge is -2.19. The van der Waals surface area contributed by atoms with E-state index in [-0.39, 0.29) is 10.8 Å². The summed E-state index contributed by atoms with van der Waals surface area (Å²) < 4.78 is 1.98. The van der Waals surface area contributed by atoms with Gasteiger partial charge in [-0.1, -0.05) is 73.1 Å². The fourth-order valence-corrected chi connectivity index (χ4v) is 2.49. The highest BCUT2D eigenvalue weighted by Gasteiger charge is 2.19. The summed E-state index contributed by atoms with van der Waals surface area (Å²) in [7, 11) is 0. The molecule has 0 saturated carbocycles. The first kappa shape index (κ1) is 17.5. The number of hydrogen-bond donors (Lipinski definition) is 0. The van der Waals surface area contributed by atoms with E-state index >= 15 is 0 Å². The molecule has 3 rings (SSSR count). The molecule has 0 aromatic carbocycles. The predicted molar refractivity (Wildman–Crippen MR) is 102 cm³/mol. The highest BCUT2D eigenvalue weighted by atomic mass is 15.2. The molecule has 0 unspecified atom stereocenters. The average Bonchev–Trinajstić information content (AvgIpc) is 2.72. The minimum absolute atomic E-state index is 0.0896. The smallest absolute Gasteiger partial charge is 0.0930 e. The predicted octanol–water partition coefficient (Wildman–Crippen LogP) is 6.11. The maximum atomic E-state index is 4.68. The SMILES string of the molecule is CC1(C)C=Cc2nn3ccc(C(C)(C)C)cc3c2C=C1.CCC. The molecule has 2 heteroatoms. The van der Waals surface area contributed by atoms with Crippen molar-refractivity contribution in [2.75, 3.05) is 0 Å². The molecule has 0 atom stereocenters. The highest BCUT2D eigenvalue weighted by molar-refractivity contribution is 5.78. The summed E-state index contributed by atoms with van der Waals surface area (Å²) in [4.78, 5) is 0. The highest BCUT2D eigenvalue weighted by Crippen LogP contribution is 2.31. The second-order valence-electron chi connectivity index (χ2n) is 7.99. The average molecular weight is 310 g/mol. The van der Waals surface area contributed by atoms with Crippen molar-refractivity contribution in [2.45, 2.75) is 60.3 Å². The fraction of sp³-hybridized carbons (Fsp3) is 0.476. The molecular formula is C21H30N2. The van der Waals surface area contributed by atoms with Gasteiger partial charge in [0.05, 0.1) is 11.2 Å². The Morgan fingerprint density at radius 1 is 1.09 bits per heavy atom. The second-order valence-corrected chi connectivity index (χ2v) is 7.99. The van der Waals surface area contributed by atoms with E-state index in [0.29, 0.717) is 0 Å². The molecular weight excluding hydrogens is 280 g/mol. The molecule has 0 spiro atoms. The van der Waals surface area contributed by atoms with Crippen LogP contribution in [0, 0.1) is 5.41 Å². The number of fused-ring (bicyclic) bond motifs is 3. The van der Waals surface area contributed by atoms with Gasteiger partial charge >= 0.3 is 0 Å². The van der Waals surface area contributed by atoms with Crippen LogP contribution in [-0.2, 0) is 5.41 Å². The first-order valence-electron chi connectivity index (χ1n) is 8.59. The Morgan fingerprint density at radius 3 is 2.30 bits per heavy atom. The van der Waals surface area contributed by atoms with Crippen molar-refractivity contribution in [3.05, 3.63) is 47.3 Å². The van der Waals surface area contributed by atoms with Gasteiger partial charge in [0.25, 0.3) is 0 Å². The van der Waals surface area contributed by atoms with E-state index in [1.165, 1.54) is 23.1 Å². The number of aromatic nitrogens is 2. The van der Waals surface area contributed by atoms with Crippen LogP contribution in [0.2, 0.25) is 0 Å². The third kappa shape index (κ3) is 3.93. The van der Waals surface area contributed by atoms with Crippen molar-refractivity contribution in [1.29, 1.82) is 0 Å². The van der Waals surface area contributed by atoms with Gasteiger partial charge in [-0.25, -0.2) is 4.52 Å². The van der Waals surface area contributed by atoms with Gasteiger partial charge in [-0.3, -0.25) is 0 Å². The van der Waals surface area contributed by atoms with Gasteiger partial charge in [-0.2, -0.15) is 5.10 Å². The quantitative estimate of drug-likeness (QED) is 0.573. The van der Waals surface area contributed by atoms with Crippen LogP contribution in [0.1, 0.15) is 71.7 Å². The third-order valence-corrected chi connectivity index (χ3v) is 3.92. The zero-order valence-corrected chi connectivity index (χ0v) is 15.6. The fourth-order valence-electron chi connectivity index (χ4n) is 2.49. The van der Waals surface area contributed by atoms with Crippen LogP contribution in [0.15, 0.2) is 30.5 Å². The molecule has 0 radical (unpaired) electrons. The Bertz CT molecular complexity index is 737. The van der Waals surface area contributed by atoms with E-state index in [4.69, 9.17) is 0 Å². The van der Waals surface area contributed by atoms with Crippen LogP contribution in [0.4, 0.5) is 0 Å². The molecule has 0 fully saturated rings. The first-order valence-corrected chi connectivity index (χ1v) is 8.59. The molecule has 0 aliphatic heterocycles. The lowest BCUT2D eigenvalue weighted by Crippen LogP contribution is -2.11. The van der Waals surface area contributed by atoms with Crippen LogP contribution >= 0.6 is 0 Å². The number of pyridine rings is 1. The Hall–Kier alpha value is -1.83. The summed E-state index contributed by atoms with van der Waals surface area (Å²) in [6.45, 7) is 15.4. The first-order chi connectivity index (χ1) is 10.7. The van der Waals surface area contributed by atoms with Gasteiger partial charge in [0.2, 0.25) is 0 Å². The zero-order chi connectivity index (χ0) is 17.3. The van der Waals surface area contributed by atoms with E-state index in [0.717, 1.165) is 5.69 Å². The Balaban J connectivity index is 0.000000595. The Labute approximate surface area is 140 Å². The number of hydrogen-bond acceptors (Lipinski definition) is 1. The van der Waals surface area contributed by atoms with Gasteiger partial charge in [0, 0.05) is 17.2 Å². The van der Waals surface area contributed by atoms with Crippen LogP contribution in [0.25, 0.3) is 17.7 Å². The summed E-state index contributed by atoms with van der Waals surface area (Å²) in [6.07, 6.45) is 12.1. The van der Waals surface area contributed by atoms with Gasteiger partial charge in [-0.15, -0.1) is 0 Å². The van der Waals surface area contributed by atoms with Crippen LogP contribution in [-0.4, -0.2) is 9.61 Å². The molecule has 0 bridgehead atoms. The normalized spacial score (nSPS) is 15.8. The van der Waals surface area contributed by atoms with Crippen LogP contribution < -0.4 is 0 Å². The van der Waals surface area contributed by atoms with Gasteiger partial charge in [0.1, 0.15) is 0 Å². The van der Waals surface area contributed by atoms with Gasteiger partial charge in [0.15, 0.2) is 0 Å². The summed E-state index contributed by atoms with van der Waals surface area (Å²) in [5, 5.41) is 4.68. The van der Waals surface area contributed by atoms with E-state index in [1.54, 1.807) is 0 Å². The van der Waals surface area contributed by atoms with Crippen molar-refractivity contribution >= 4 is 17.7 Å². The summed E-state index contributed by atoms with van der Waals surface area (Å²) in [6, 6.07) is 4.43. The number of rotatable bonds is 0. The molecule has 0 saturated heterocycles. The van der Waals surface area contributed by atoms with E-state index in [1.807, 2.05) is 4.52 Å². The van der Waals surface area contributed by atoms with Crippen molar-refractivity contribution in [2.24, 2.45) is 5.41 Å². The Morgan fingerprint density at radius 2 is 1.70 bits per heavy atom. The zero-order valence-electron chi connectivity index (χ0n) is 15.6. The molecule has 2 heterocycles. The standard InChI is InChI=1S/C18H22N2.C3H8/c1-17(2,3)13-8-11-20-16(12-13)14-6-9-18(4,5)10-7-15(14)19-20;1-3-2/h6-12H,1-5H3;3H2,1-2H3. The number of allylic oxidation sites excluding steroid dienone is 2. The van der Waals surface area contributed by atoms with E-state index in [9.17, 15) is 0 Å². The molecule has 2 aromatic heterocycles. The molecule has 1 aliphatic carbocycles. The van der Waals surface area contributed by atoms with Crippen LogP contribution in [0.5, 0.6) is 0 Å². The van der Waals surface area contributed by atoms with Crippen molar-refractivity contribution in [3.63, 3.8) is 0 Å². The summed E-state index contributed by atoms with van der Waals surface area (Å²) >= 11 is 0. The molecule has 0 amide bonds. The largest absolute Gasteiger partial charge is 0.240 e. The van der Waals surface area contributed by atoms with Crippen molar-refractivity contribution in [3.8, 4) is 0 Å². The maximum absolute atomic E-state index is 4.68. The third-order valence-electron chi connectivity index (χ3n) is 3.92. The molecule has 0 N–H and O–H groups in total. The van der Waals surface area contributed by atoms with Gasteiger partial charge < -0.3 is 0 Å². The van der Waals surface area contributed by atoms with Gasteiger partial charge in [-0.05, 0) is 29.2 Å².